The van der Waals surface area contributed by atoms with E-state index < -0.39 is 6.10 Å². The summed E-state index contributed by atoms with van der Waals surface area (Å²) in [5.41, 5.74) is 2.20. The van der Waals surface area contributed by atoms with Crippen LogP contribution in [-0.2, 0) is 0 Å². The molecule has 1 N–H and O–H groups in total. The molecule has 0 radical (unpaired) electrons. The average Bonchev–Trinajstić information content (AvgIpc) is 3.22. The van der Waals surface area contributed by atoms with Gasteiger partial charge in [0.15, 0.2) is 5.65 Å². The van der Waals surface area contributed by atoms with Gasteiger partial charge in [0.1, 0.15) is 5.52 Å². The van der Waals surface area contributed by atoms with Gasteiger partial charge < -0.3 is 14.6 Å². The van der Waals surface area contributed by atoms with Gasteiger partial charge in [0, 0.05) is 25.3 Å². The number of β-amino-alcohol motifs (C(OH)–C–C–N with tert-alkyl or cyclic N) is 1. The highest BCUT2D eigenvalue weighted by Crippen LogP contribution is 2.31. The fourth-order valence-corrected chi connectivity index (χ4v) is 3.81. The highest BCUT2D eigenvalue weighted by Gasteiger charge is 2.24. The van der Waals surface area contributed by atoms with E-state index >= 15 is 0 Å². The Hall–Kier alpha value is -1.95. The maximum absolute atomic E-state index is 12.6. The molecular formula is C17H22N4O2. The van der Waals surface area contributed by atoms with Gasteiger partial charge >= 0.3 is 0 Å². The molecule has 4 rings (SSSR count). The van der Waals surface area contributed by atoms with Crippen molar-refractivity contribution in [3.05, 3.63) is 24.2 Å². The Kier molecular flexibility index (Phi) is 3.77. The van der Waals surface area contributed by atoms with Crippen molar-refractivity contribution >= 4 is 17.1 Å². The van der Waals surface area contributed by atoms with E-state index in [0.717, 1.165) is 24.0 Å². The van der Waals surface area contributed by atoms with Crippen molar-refractivity contribution in [3.8, 4) is 0 Å². The first-order valence-electron chi connectivity index (χ1n) is 8.52. The molecule has 1 unspecified atom stereocenters. The molecule has 122 valence electrons. The molecule has 2 fully saturated rings. The Labute approximate surface area is 135 Å². The molecule has 2 aromatic rings. The highest BCUT2D eigenvalue weighted by atomic mass is 16.3. The van der Waals surface area contributed by atoms with Crippen LogP contribution in [0.4, 0.5) is 0 Å². The minimum absolute atomic E-state index is 0.0615. The van der Waals surface area contributed by atoms with Crippen molar-refractivity contribution in [1.29, 1.82) is 0 Å². The minimum Gasteiger partial charge on any atom is -0.391 e. The Bertz CT molecular complexity index is 720. The van der Waals surface area contributed by atoms with Crippen LogP contribution >= 0.6 is 0 Å². The van der Waals surface area contributed by atoms with Crippen molar-refractivity contribution in [1.82, 2.24) is 19.4 Å². The number of aromatic nitrogens is 3. The van der Waals surface area contributed by atoms with Crippen LogP contribution in [0, 0.1) is 0 Å². The molecule has 1 atom stereocenters. The number of hydrogen-bond acceptors (Lipinski definition) is 4. The number of amides is 1. The van der Waals surface area contributed by atoms with Gasteiger partial charge in [0.25, 0.3) is 5.91 Å². The SMILES string of the molecule is O=C(c1cnc2c(c1)ncn2C1CCCC1)N1CCCC(O)C1. The lowest BCUT2D eigenvalue weighted by atomic mass is 10.1. The first kappa shape index (κ1) is 14.6. The van der Waals surface area contributed by atoms with E-state index in [0.29, 0.717) is 24.7 Å². The van der Waals surface area contributed by atoms with E-state index in [2.05, 4.69) is 14.5 Å². The van der Waals surface area contributed by atoms with E-state index in [1.54, 1.807) is 11.1 Å². The summed E-state index contributed by atoms with van der Waals surface area (Å²) in [5, 5.41) is 9.75. The number of aliphatic hydroxyl groups excluding tert-OH is 1. The van der Waals surface area contributed by atoms with Crippen LogP contribution in [0.5, 0.6) is 0 Å². The molecule has 1 aliphatic heterocycles. The lowest BCUT2D eigenvalue weighted by Gasteiger charge is -2.30. The predicted molar refractivity (Wildman–Crippen MR) is 86.2 cm³/mol. The van der Waals surface area contributed by atoms with Crippen LogP contribution < -0.4 is 0 Å². The summed E-state index contributed by atoms with van der Waals surface area (Å²) in [6.45, 7) is 1.11. The zero-order chi connectivity index (χ0) is 15.8. The van der Waals surface area contributed by atoms with Crippen molar-refractivity contribution in [2.75, 3.05) is 13.1 Å². The van der Waals surface area contributed by atoms with E-state index in [1.807, 2.05) is 12.4 Å². The fraction of sp³-hybridized carbons (Fsp3) is 0.588. The van der Waals surface area contributed by atoms with Crippen LogP contribution in [0.1, 0.15) is 54.9 Å². The molecule has 1 aliphatic carbocycles. The quantitative estimate of drug-likeness (QED) is 0.922. The molecule has 6 nitrogen and oxygen atoms in total. The van der Waals surface area contributed by atoms with Crippen molar-refractivity contribution in [2.24, 2.45) is 0 Å². The van der Waals surface area contributed by atoms with Crippen LogP contribution in [0.15, 0.2) is 18.6 Å². The van der Waals surface area contributed by atoms with Gasteiger partial charge in [-0.2, -0.15) is 0 Å². The molecule has 1 amide bonds. The summed E-state index contributed by atoms with van der Waals surface area (Å²) >= 11 is 0. The second kappa shape index (κ2) is 5.92. The van der Waals surface area contributed by atoms with Crippen LogP contribution in [0.25, 0.3) is 11.2 Å². The van der Waals surface area contributed by atoms with Gasteiger partial charge in [-0.05, 0) is 31.7 Å². The van der Waals surface area contributed by atoms with Gasteiger partial charge in [-0.25, -0.2) is 9.97 Å². The van der Waals surface area contributed by atoms with Gasteiger partial charge in [0.2, 0.25) is 0 Å². The Morgan fingerprint density at radius 1 is 1.17 bits per heavy atom. The summed E-state index contributed by atoms with van der Waals surface area (Å²) < 4.78 is 2.15. The molecule has 0 spiro atoms. The average molecular weight is 314 g/mol. The zero-order valence-corrected chi connectivity index (χ0v) is 13.2. The lowest BCUT2D eigenvalue weighted by Crippen LogP contribution is -2.42. The monoisotopic (exact) mass is 314 g/mol. The normalized spacial score (nSPS) is 22.8. The van der Waals surface area contributed by atoms with Crippen LogP contribution in [0.3, 0.4) is 0 Å². The largest absolute Gasteiger partial charge is 0.391 e. The summed E-state index contributed by atoms with van der Waals surface area (Å²) in [5.74, 6) is -0.0615. The van der Waals surface area contributed by atoms with Crippen LogP contribution in [-0.4, -0.2) is 49.6 Å². The third kappa shape index (κ3) is 2.72. The number of pyridine rings is 1. The fourth-order valence-electron chi connectivity index (χ4n) is 3.81. The molecular weight excluding hydrogens is 292 g/mol. The number of hydrogen-bond donors (Lipinski definition) is 1. The van der Waals surface area contributed by atoms with Crippen molar-refractivity contribution in [3.63, 3.8) is 0 Å². The highest BCUT2D eigenvalue weighted by molar-refractivity contribution is 5.96. The number of aliphatic hydroxyl groups is 1. The topological polar surface area (TPSA) is 71.2 Å². The number of likely N-dealkylation sites (tertiary alicyclic amines) is 1. The second-order valence-corrected chi connectivity index (χ2v) is 6.70. The van der Waals surface area contributed by atoms with Gasteiger partial charge in [0.05, 0.1) is 18.0 Å². The van der Waals surface area contributed by atoms with Gasteiger partial charge in [-0.15, -0.1) is 0 Å². The van der Waals surface area contributed by atoms with Crippen molar-refractivity contribution in [2.45, 2.75) is 50.7 Å². The van der Waals surface area contributed by atoms with E-state index in [9.17, 15) is 9.90 Å². The molecule has 2 aromatic heterocycles. The molecule has 1 saturated heterocycles. The molecule has 1 saturated carbocycles. The van der Waals surface area contributed by atoms with E-state index in [4.69, 9.17) is 0 Å². The number of piperidine rings is 1. The molecule has 6 heteroatoms. The first-order valence-corrected chi connectivity index (χ1v) is 8.52. The number of rotatable bonds is 2. The molecule has 0 bridgehead atoms. The third-order valence-corrected chi connectivity index (χ3v) is 5.06. The second-order valence-electron chi connectivity index (χ2n) is 6.70. The molecule has 23 heavy (non-hydrogen) atoms. The van der Waals surface area contributed by atoms with Crippen molar-refractivity contribution < 1.29 is 9.90 Å². The van der Waals surface area contributed by atoms with E-state index in [-0.39, 0.29) is 5.91 Å². The zero-order valence-electron chi connectivity index (χ0n) is 13.2. The number of nitrogens with zero attached hydrogens (tertiary/aromatic N) is 4. The molecule has 3 heterocycles. The smallest absolute Gasteiger partial charge is 0.255 e. The molecule has 2 aliphatic rings. The lowest BCUT2D eigenvalue weighted by molar-refractivity contribution is 0.0473. The number of carbonyl (C=O) groups is 1. The Morgan fingerprint density at radius 3 is 2.78 bits per heavy atom. The standard InChI is InChI=1S/C17H22N4O2/c22-14-6-3-7-20(10-14)17(23)12-8-15-16(18-9-12)21(11-19-15)13-4-1-2-5-13/h8-9,11,13-14,22H,1-7,10H2. The maximum Gasteiger partial charge on any atom is 0.255 e. The van der Waals surface area contributed by atoms with Gasteiger partial charge in [-0.3, -0.25) is 4.79 Å². The number of fused-ring (bicyclic) bond motifs is 1. The van der Waals surface area contributed by atoms with Gasteiger partial charge in [-0.1, -0.05) is 12.8 Å². The third-order valence-electron chi connectivity index (χ3n) is 5.06. The number of imidazole rings is 1. The van der Waals surface area contributed by atoms with Crippen LogP contribution in [0.2, 0.25) is 0 Å². The Morgan fingerprint density at radius 2 is 2.00 bits per heavy atom. The summed E-state index contributed by atoms with van der Waals surface area (Å²) in [6, 6.07) is 2.32. The summed E-state index contributed by atoms with van der Waals surface area (Å²) in [7, 11) is 0. The van der Waals surface area contributed by atoms with E-state index in [1.165, 1.54) is 25.7 Å². The predicted octanol–water partition coefficient (Wildman–Crippen LogP) is 2.14. The maximum atomic E-state index is 12.6. The summed E-state index contributed by atoms with van der Waals surface area (Å²) in [6.07, 6.45) is 9.60. The molecule has 0 aromatic carbocycles. The summed E-state index contributed by atoms with van der Waals surface area (Å²) in [4.78, 5) is 23.3. The first-order chi connectivity index (χ1) is 11.2. The number of carbonyl (C=O) groups excluding carboxylic acids is 1. The minimum atomic E-state index is -0.411. The Balaban J connectivity index is 1.60.